The maximum absolute atomic E-state index is 13.5. The Morgan fingerprint density at radius 3 is 3.00 bits per heavy atom. The molecular weight excluding hydrogens is 291 g/mol. The zero-order valence-electron chi connectivity index (χ0n) is 12.7. The second-order valence-corrected chi connectivity index (χ2v) is 5.96. The van der Waals surface area contributed by atoms with E-state index in [1.807, 2.05) is 13.1 Å². The predicted octanol–water partition coefficient (Wildman–Crippen LogP) is 2.72. The average molecular weight is 315 g/mol. The molecule has 1 saturated heterocycles. The molecule has 0 amide bonds. The molecule has 21 heavy (non-hydrogen) atoms. The first-order chi connectivity index (χ1) is 10.1. The maximum Gasteiger partial charge on any atom is 0.142 e. The van der Waals surface area contributed by atoms with E-state index in [1.54, 1.807) is 6.07 Å². The van der Waals surface area contributed by atoms with Crippen LogP contribution in [-0.2, 0) is 11.2 Å². The average Bonchev–Trinajstić information content (AvgIpc) is 2.49. The van der Waals surface area contributed by atoms with Crippen LogP contribution in [0, 0.1) is 5.82 Å². The molecule has 1 aliphatic heterocycles. The summed E-state index contributed by atoms with van der Waals surface area (Å²) in [5, 5.41) is 3.48. The van der Waals surface area contributed by atoms with Crippen molar-refractivity contribution in [3.8, 4) is 0 Å². The van der Waals surface area contributed by atoms with Gasteiger partial charge in [-0.15, -0.1) is 0 Å². The van der Waals surface area contributed by atoms with E-state index in [0.717, 1.165) is 44.6 Å². The van der Waals surface area contributed by atoms with Crippen molar-refractivity contribution in [1.29, 1.82) is 0 Å². The van der Waals surface area contributed by atoms with Crippen LogP contribution in [0.5, 0.6) is 0 Å². The molecule has 3 nitrogen and oxygen atoms in total. The van der Waals surface area contributed by atoms with Crippen LogP contribution >= 0.6 is 11.6 Å². The number of hydrogen-bond acceptors (Lipinski definition) is 3. The molecule has 0 spiro atoms. The van der Waals surface area contributed by atoms with E-state index in [4.69, 9.17) is 16.3 Å². The van der Waals surface area contributed by atoms with E-state index in [0.29, 0.717) is 0 Å². The Balaban J connectivity index is 1.99. The Hall–Kier alpha value is -0.680. The summed E-state index contributed by atoms with van der Waals surface area (Å²) in [4.78, 5) is 2.43. The molecule has 2 rings (SSSR count). The van der Waals surface area contributed by atoms with Gasteiger partial charge in [-0.1, -0.05) is 24.6 Å². The van der Waals surface area contributed by atoms with Gasteiger partial charge in [0.15, 0.2) is 0 Å². The van der Waals surface area contributed by atoms with Crippen LogP contribution in [0.4, 0.5) is 4.39 Å². The molecule has 2 unspecified atom stereocenters. The standard InChI is InChI=1S/C16H24ClFN2O/c1-3-6-20-7-8-21-16(11-20)15(19-2)10-12-4-5-13(17)14(18)9-12/h4-5,9,15-16,19H,3,6-8,10-11H2,1-2H3. The van der Waals surface area contributed by atoms with Gasteiger partial charge in [-0.05, 0) is 44.1 Å². The molecule has 1 heterocycles. The van der Waals surface area contributed by atoms with E-state index >= 15 is 0 Å². The Morgan fingerprint density at radius 2 is 2.33 bits per heavy atom. The number of benzene rings is 1. The highest BCUT2D eigenvalue weighted by Gasteiger charge is 2.27. The van der Waals surface area contributed by atoms with Gasteiger partial charge in [-0.25, -0.2) is 4.39 Å². The monoisotopic (exact) mass is 314 g/mol. The molecule has 0 aromatic heterocycles. The van der Waals surface area contributed by atoms with Crippen molar-refractivity contribution < 1.29 is 9.13 Å². The lowest BCUT2D eigenvalue weighted by Gasteiger charge is -2.37. The quantitative estimate of drug-likeness (QED) is 0.874. The summed E-state index contributed by atoms with van der Waals surface area (Å²) in [7, 11) is 1.93. The third kappa shape index (κ3) is 4.65. The van der Waals surface area contributed by atoms with Crippen LogP contribution in [0.1, 0.15) is 18.9 Å². The van der Waals surface area contributed by atoms with Gasteiger partial charge in [0.2, 0.25) is 0 Å². The minimum Gasteiger partial charge on any atom is -0.374 e. The third-order valence-corrected chi connectivity index (χ3v) is 4.28. The smallest absolute Gasteiger partial charge is 0.142 e. The fourth-order valence-corrected chi connectivity index (χ4v) is 2.95. The SMILES string of the molecule is CCCN1CCOC(C(Cc2ccc(Cl)c(F)c2)NC)C1. The van der Waals surface area contributed by atoms with Crippen molar-refractivity contribution in [2.45, 2.75) is 31.9 Å². The summed E-state index contributed by atoms with van der Waals surface area (Å²) < 4.78 is 19.5. The van der Waals surface area contributed by atoms with Crippen LogP contribution in [0.3, 0.4) is 0 Å². The van der Waals surface area contributed by atoms with E-state index in [-0.39, 0.29) is 23.0 Å². The minimum absolute atomic E-state index is 0.133. The molecule has 1 N–H and O–H groups in total. The number of likely N-dealkylation sites (N-methyl/N-ethyl adjacent to an activating group) is 1. The van der Waals surface area contributed by atoms with Crippen LogP contribution < -0.4 is 5.32 Å². The van der Waals surface area contributed by atoms with Gasteiger partial charge in [0, 0.05) is 19.1 Å². The molecule has 0 bridgehead atoms. The molecule has 2 atom stereocenters. The van der Waals surface area contributed by atoms with E-state index in [9.17, 15) is 4.39 Å². The van der Waals surface area contributed by atoms with Crippen LogP contribution in [0.25, 0.3) is 0 Å². The van der Waals surface area contributed by atoms with Gasteiger partial charge in [0.1, 0.15) is 5.82 Å². The molecule has 1 aromatic rings. The number of nitrogens with one attached hydrogen (secondary N) is 1. The normalized spacial score (nSPS) is 21.4. The van der Waals surface area contributed by atoms with Crippen LogP contribution in [0.2, 0.25) is 5.02 Å². The predicted molar refractivity (Wildman–Crippen MR) is 84.4 cm³/mol. The summed E-state index contributed by atoms with van der Waals surface area (Å²) in [5.74, 6) is -0.360. The second kappa shape index (κ2) is 8.08. The number of halogens is 2. The van der Waals surface area contributed by atoms with E-state index in [2.05, 4.69) is 17.1 Å². The Morgan fingerprint density at radius 1 is 1.52 bits per heavy atom. The van der Waals surface area contributed by atoms with Crippen molar-refractivity contribution in [2.24, 2.45) is 0 Å². The van der Waals surface area contributed by atoms with Gasteiger partial charge < -0.3 is 10.1 Å². The Kier molecular flexibility index (Phi) is 6.42. The fraction of sp³-hybridized carbons (Fsp3) is 0.625. The lowest BCUT2D eigenvalue weighted by Crippen LogP contribution is -2.52. The first-order valence-corrected chi connectivity index (χ1v) is 7.97. The van der Waals surface area contributed by atoms with E-state index in [1.165, 1.54) is 6.07 Å². The van der Waals surface area contributed by atoms with Crippen molar-refractivity contribution in [3.63, 3.8) is 0 Å². The minimum atomic E-state index is -0.360. The Bertz CT molecular complexity index is 456. The van der Waals surface area contributed by atoms with Gasteiger partial charge in [0.05, 0.1) is 17.7 Å². The molecule has 0 aliphatic carbocycles. The third-order valence-electron chi connectivity index (χ3n) is 3.98. The van der Waals surface area contributed by atoms with Crippen LogP contribution in [0.15, 0.2) is 18.2 Å². The molecular formula is C16H24ClFN2O. The van der Waals surface area contributed by atoms with Gasteiger partial charge in [-0.2, -0.15) is 0 Å². The molecule has 0 radical (unpaired) electrons. The molecule has 1 aromatic carbocycles. The lowest BCUT2D eigenvalue weighted by molar-refractivity contribution is -0.0450. The summed E-state index contributed by atoms with van der Waals surface area (Å²) in [6.07, 6.45) is 2.02. The number of rotatable bonds is 6. The highest BCUT2D eigenvalue weighted by molar-refractivity contribution is 6.30. The number of hydrogen-bond donors (Lipinski definition) is 1. The highest BCUT2D eigenvalue weighted by atomic mass is 35.5. The summed E-state index contributed by atoms with van der Waals surface area (Å²) in [5.41, 5.74) is 0.937. The van der Waals surface area contributed by atoms with Gasteiger partial charge >= 0.3 is 0 Å². The summed E-state index contributed by atoms with van der Waals surface area (Å²) in [6.45, 7) is 5.98. The first kappa shape index (κ1) is 16.7. The zero-order chi connectivity index (χ0) is 15.2. The van der Waals surface area contributed by atoms with Crippen molar-refractivity contribution >= 4 is 11.6 Å². The van der Waals surface area contributed by atoms with E-state index < -0.39 is 0 Å². The zero-order valence-corrected chi connectivity index (χ0v) is 13.5. The number of ether oxygens (including phenoxy) is 1. The molecule has 1 aliphatic rings. The molecule has 1 fully saturated rings. The Labute approximate surface area is 131 Å². The largest absolute Gasteiger partial charge is 0.374 e. The second-order valence-electron chi connectivity index (χ2n) is 5.56. The summed E-state index contributed by atoms with van der Waals surface area (Å²) >= 11 is 5.73. The van der Waals surface area contributed by atoms with Crippen molar-refractivity contribution in [2.75, 3.05) is 33.3 Å². The number of nitrogens with zero attached hydrogens (tertiary/aromatic N) is 1. The van der Waals surface area contributed by atoms with Crippen molar-refractivity contribution in [3.05, 3.63) is 34.6 Å². The van der Waals surface area contributed by atoms with Crippen molar-refractivity contribution in [1.82, 2.24) is 10.2 Å². The van der Waals surface area contributed by atoms with Gasteiger partial charge in [0.25, 0.3) is 0 Å². The fourth-order valence-electron chi connectivity index (χ4n) is 2.83. The molecule has 118 valence electrons. The maximum atomic E-state index is 13.5. The number of morpholine rings is 1. The first-order valence-electron chi connectivity index (χ1n) is 7.59. The lowest BCUT2D eigenvalue weighted by atomic mass is 10.00. The highest BCUT2D eigenvalue weighted by Crippen LogP contribution is 2.18. The molecule has 5 heteroatoms. The van der Waals surface area contributed by atoms with Gasteiger partial charge in [-0.3, -0.25) is 4.90 Å². The van der Waals surface area contributed by atoms with Crippen LogP contribution in [-0.4, -0.2) is 50.3 Å². The topological polar surface area (TPSA) is 24.5 Å². The molecule has 0 saturated carbocycles. The summed E-state index contributed by atoms with van der Waals surface area (Å²) in [6, 6.07) is 5.18.